The minimum atomic E-state index is -0.639. The number of likely N-dealkylation sites (N-methyl/N-ethyl adjacent to an activating group) is 1. The molecular formula is C11H19N3O2. The van der Waals surface area contributed by atoms with E-state index in [9.17, 15) is 9.59 Å². The third-order valence-electron chi connectivity index (χ3n) is 3.66. The number of hydrogen-bond donors (Lipinski definition) is 2. The number of nitrogens with two attached hydrogens (primary N) is 1. The van der Waals surface area contributed by atoms with Gasteiger partial charge in [-0.3, -0.25) is 9.59 Å². The molecule has 1 aliphatic heterocycles. The zero-order valence-corrected chi connectivity index (χ0v) is 9.66. The second kappa shape index (κ2) is 4.05. The van der Waals surface area contributed by atoms with Gasteiger partial charge in [-0.25, -0.2) is 0 Å². The number of nitrogens with zero attached hydrogens (tertiary/aromatic N) is 1. The monoisotopic (exact) mass is 225 g/mol. The van der Waals surface area contributed by atoms with Gasteiger partial charge in [0.25, 0.3) is 0 Å². The number of hydrogen-bond acceptors (Lipinski definition) is 3. The molecule has 1 atom stereocenters. The number of carbonyl (C=O) groups is 2. The molecule has 1 unspecified atom stereocenters. The van der Waals surface area contributed by atoms with Crippen LogP contribution >= 0.6 is 0 Å². The summed E-state index contributed by atoms with van der Waals surface area (Å²) in [5.74, 6) is 0.100. The summed E-state index contributed by atoms with van der Waals surface area (Å²) in [5, 5.41) is 2.95. The van der Waals surface area contributed by atoms with Crippen LogP contribution in [0, 0.1) is 0 Å². The molecule has 0 aromatic carbocycles. The lowest BCUT2D eigenvalue weighted by atomic mass is 9.77. The fourth-order valence-electron chi connectivity index (χ4n) is 2.24. The Hall–Kier alpha value is -1.10. The molecule has 1 aliphatic carbocycles. The zero-order chi connectivity index (χ0) is 11.8. The lowest BCUT2D eigenvalue weighted by Gasteiger charge is -2.39. The molecule has 0 aromatic heterocycles. The highest BCUT2D eigenvalue weighted by Gasteiger charge is 2.41. The van der Waals surface area contributed by atoms with Crippen LogP contribution in [0.5, 0.6) is 0 Å². The standard InChI is InChI=1S/C11H19N3O2/c1-14-7-8(3-4-9(14)15)13-10(16)11(12)5-2-6-11/h8H,2-7,12H2,1H3,(H,13,16). The van der Waals surface area contributed by atoms with Crippen LogP contribution < -0.4 is 11.1 Å². The topological polar surface area (TPSA) is 75.4 Å². The lowest BCUT2D eigenvalue weighted by molar-refractivity contribution is -0.135. The average Bonchev–Trinajstić information content (AvgIpc) is 2.20. The molecule has 2 rings (SSSR count). The summed E-state index contributed by atoms with van der Waals surface area (Å²) >= 11 is 0. The quantitative estimate of drug-likeness (QED) is 0.671. The Kier molecular flexibility index (Phi) is 2.88. The van der Waals surface area contributed by atoms with Crippen LogP contribution in [0.4, 0.5) is 0 Å². The van der Waals surface area contributed by atoms with Gasteiger partial charge in [0.2, 0.25) is 11.8 Å². The first-order chi connectivity index (χ1) is 7.51. The number of nitrogens with one attached hydrogen (secondary N) is 1. The van der Waals surface area contributed by atoms with Crippen molar-refractivity contribution in [2.24, 2.45) is 5.73 Å². The second-order valence-corrected chi connectivity index (χ2v) is 4.99. The van der Waals surface area contributed by atoms with Crippen molar-refractivity contribution >= 4 is 11.8 Å². The summed E-state index contributed by atoms with van der Waals surface area (Å²) in [6, 6.07) is 0.0659. The first kappa shape index (κ1) is 11.4. The van der Waals surface area contributed by atoms with Crippen molar-refractivity contribution in [2.45, 2.75) is 43.7 Å². The maximum atomic E-state index is 11.9. The number of rotatable bonds is 2. The number of piperidine rings is 1. The number of amides is 2. The van der Waals surface area contributed by atoms with Crippen molar-refractivity contribution in [1.82, 2.24) is 10.2 Å². The molecule has 0 bridgehead atoms. The van der Waals surface area contributed by atoms with Gasteiger partial charge in [-0.15, -0.1) is 0 Å². The van der Waals surface area contributed by atoms with Crippen LogP contribution in [0.1, 0.15) is 32.1 Å². The van der Waals surface area contributed by atoms with E-state index in [1.54, 1.807) is 11.9 Å². The molecule has 90 valence electrons. The van der Waals surface area contributed by atoms with Crippen LogP contribution in [0.2, 0.25) is 0 Å². The minimum absolute atomic E-state index is 0.0495. The van der Waals surface area contributed by atoms with Gasteiger partial charge in [-0.05, 0) is 25.7 Å². The second-order valence-electron chi connectivity index (χ2n) is 4.99. The average molecular weight is 225 g/mol. The summed E-state index contributed by atoms with van der Waals surface area (Å²) in [7, 11) is 1.77. The summed E-state index contributed by atoms with van der Waals surface area (Å²) in [4.78, 5) is 24.8. The Morgan fingerprint density at radius 2 is 2.25 bits per heavy atom. The van der Waals surface area contributed by atoms with Gasteiger partial charge in [-0.2, -0.15) is 0 Å². The Balaban J connectivity index is 1.86. The summed E-state index contributed by atoms with van der Waals surface area (Å²) < 4.78 is 0. The van der Waals surface area contributed by atoms with Crippen molar-refractivity contribution in [3.63, 3.8) is 0 Å². The third kappa shape index (κ3) is 2.04. The molecule has 3 N–H and O–H groups in total. The van der Waals surface area contributed by atoms with E-state index in [1.807, 2.05) is 0 Å². The van der Waals surface area contributed by atoms with Crippen molar-refractivity contribution in [2.75, 3.05) is 13.6 Å². The molecule has 2 amide bonds. The molecule has 1 saturated carbocycles. The van der Waals surface area contributed by atoms with E-state index in [1.165, 1.54) is 0 Å². The highest BCUT2D eigenvalue weighted by atomic mass is 16.2. The van der Waals surface area contributed by atoms with Gasteiger partial charge in [0.1, 0.15) is 0 Å². The SMILES string of the molecule is CN1CC(NC(=O)C2(N)CCC2)CCC1=O. The number of likely N-dealkylation sites (tertiary alicyclic amines) is 1. The predicted octanol–water partition coefficient (Wildman–Crippen LogP) is -0.395. The smallest absolute Gasteiger partial charge is 0.240 e. The van der Waals surface area contributed by atoms with Crippen molar-refractivity contribution in [3.8, 4) is 0 Å². The highest BCUT2D eigenvalue weighted by molar-refractivity contribution is 5.87. The zero-order valence-electron chi connectivity index (χ0n) is 9.66. The summed E-state index contributed by atoms with van der Waals surface area (Å²) in [5.41, 5.74) is 5.29. The normalized spacial score (nSPS) is 28.5. The van der Waals surface area contributed by atoms with Crippen LogP contribution in [-0.4, -0.2) is 41.9 Å². The van der Waals surface area contributed by atoms with Gasteiger partial charge in [0.05, 0.1) is 5.54 Å². The summed E-state index contributed by atoms with van der Waals surface area (Å²) in [6.07, 6.45) is 3.83. The predicted molar refractivity (Wildman–Crippen MR) is 59.6 cm³/mol. The maximum absolute atomic E-state index is 11.9. The lowest BCUT2D eigenvalue weighted by Crippen LogP contribution is -2.61. The fraction of sp³-hybridized carbons (Fsp3) is 0.818. The number of carbonyl (C=O) groups excluding carboxylic acids is 2. The van der Waals surface area contributed by atoms with Crippen LogP contribution in [0.15, 0.2) is 0 Å². The van der Waals surface area contributed by atoms with E-state index >= 15 is 0 Å². The van der Waals surface area contributed by atoms with Crippen molar-refractivity contribution in [1.29, 1.82) is 0 Å². The van der Waals surface area contributed by atoms with Crippen LogP contribution in [-0.2, 0) is 9.59 Å². The molecule has 1 saturated heterocycles. The molecular weight excluding hydrogens is 206 g/mol. The molecule has 5 heteroatoms. The largest absolute Gasteiger partial charge is 0.350 e. The van der Waals surface area contributed by atoms with E-state index in [4.69, 9.17) is 5.73 Å². The third-order valence-corrected chi connectivity index (χ3v) is 3.66. The Morgan fingerprint density at radius 1 is 1.56 bits per heavy atom. The van der Waals surface area contributed by atoms with E-state index < -0.39 is 5.54 Å². The fourth-order valence-corrected chi connectivity index (χ4v) is 2.24. The Labute approximate surface area is 95.3 Å². The molecule has 2 aliphatic rings. The maximum Gasteiger partial charge on any atom is 0.240 e. The van der Waals surface area contributed by atoms with E-state index in [2.05, 4.69) is 5.32 Å². The molecule has 16 heavy (non-hydrogen) atoms. The van der Waals surface area contributed by atoms with Gasteiger partial charge < -0.3 is 16.0 Å². The molecule has 0 spiro atoms. The van der Waals surface area contributed by atoms with Crippen LogP contribution in [0.3, 0.4) is 0 Å². The van der Waals surface area contributed by atoms with E-state index in [-0.39, 0.29) is 17.9 Å². The van der Waals surface area contributed by atoms with E-state index in [0.717, 1.165) is 25.7 Å². The van der Waals surface area contributed by atoms with Crippen LogP contribution in [0.25, 0.3) is 0 Å². The van der Waals surface area contributed by atoms with Gasteiger partial charge in [0, 0.05) is 26.1 Å². The Morgan fingerprint density at radius 3 is 2.75 bits per heavy atom. The van der Waals surface area contributed by atoms with E-state index in [0.29, 0.717) is 13.0 Å². The Bertz CT molecular complexity index is 312. The molecule has 5 nitrogen and oxygen atoms in total. The molecule has 1 heterocycles. The van der Waals surface area contributed by atoms with Crippen molar-refractivity contribution in [3.05, 3.63) is 0 Å². The first-order valence-electron chi connectivity index (χ1n) is 5.85. The van der Waals surface area contributed by atoms with Gasteiger partial charge in [-0.1, -0.05) is 0 Å². The van der Waals surface area contributed by atoms with Crippen molar-refractivity contribution < 1.29 is 9.59 Å². The summed E-state index contributed by atoms with van der Waals surface area (Å²) in [6.45, 7) is 0.598. The minimum Gasteiger partial charge on any atom is -0.350 e. The molecule has 0 radical (unpaired) electrons. The molecule has 0 aromatic rings. The van der Waals surface area contributed by atoms with Gasteiger partial charge in [0.15, 0.2) is 0 Å². The highest BCUT2D eigenvalue weighted by Crippen LogP contribution is 2.29. The first-order valence-corrected chi connectivity index (χ1v) is 5.85. The molecule has 2 fully saturated rings. The van der Waals surface area contributed by atoms with Gasteiger partial charge >= 0.3 is 0 Å².